The zero-order valence-corrected chi connectivity index (χ0v) is 10.4. The van der Waals surface area contributed by atoms with E-state index in [-0.39, 0.29) is 19.1 Å². The Morgan fingerprint density at radius 1 is 1.53 bits per heavy atom. The largest absolute Gasteiger partial charge is 0.491 e. The number of nitrogens with one attached hydrogen (secondary N) is 2. The van der Waals surface area contributed by atoms with Crippen molar-refractivity contribution in [3.8, 4) is 5.75 Å². The van der Waals surface area contributed by atoms with Crippen LogP contribution in [0.2, 0.25) is 0 Å². The zero-order valence-electron chi connectivity index (χ0n) is 10.4. The van der Waals surface area contributed by atoms with Crippen molar-refractivity contribution in [3.05, 3.63) is 18.2 Å². The van der Waals surface area contributed by atoms with Gasteiger partial charge in [0.25, 0.3) is 5.91 Å². The standard InChI is InChI=1S/C12H14FN3O3/c1-18-7-11(17)14-12-9-6-8(19-5-4-13)2-3-10(9)15-16-12/h2-3,6H,4-5,7H2,1H3,(H2,14,15,16,17). The third-order valence-electron chi connectivity index (χ3n) is 2.41. The number of carbonyl (C=O) groups excluding carboxylic acids is 1. The number of alkyl halides is 1. The van der Waals surface area contributed by atoms with Gasteiger partial charge in [-0.2, -0.15) is 5.10 Å². The van der Waals surface area contributed by atoms with Crippen molar-refractivity contribution in [2.45, 2.75) is 0 Å². The molecule has 7 heteroatoms. The molecule has 102 valence electrons. The Balaban J connectivity index is 2.21. The summed E-state index contributed by atoms with van der Waals surface area (Å²) >= 11 is 0. The summed E-state index contributed by atoms with van der Waals surface area (Å²) in [6.45, 7) is -0.609. The van der Waals surface area contributed by atoms with Gasteiger partial charge in [0.15, 0.2) is 5.82 Å². The third kappa shape index (κ3) is 3.19. The molecular formula is C12H14FN3O3. The smallest absolute Gasteiger partial charge is 0.251 e. The Bertz CT molecular complexity index is 570. The van der Waals surface area contributed by atoms with Gasteiger partial charge in [-0.25, -0.2) is 4.39 Å². The number of aromatic nitrogens is 2. The van der Waals surface area contributed by atoms with Gasteiger partial charge in [0, 0.05) is 12.5 Å². The van der Waals surface area contributed by atoms with E-state index in [1.807, 2.05) is 0 Å². The van der Waals surface area contributed by atoms with E-state index in [2.05, 4.69) is 15.5 Å². The first-order valence-electron chi connectivity index (χ1n) is 5.70. The minimum absolute atomic E-state index is 0.00523. The molecule has 0 fully saturated rings. The molecule has 1 aromatic carbocycles. The van der Waals surface area contributed by atoms with E-state index in [4.69, 9.17) is 9.47 Å². The van der Waals surface area contributed by atoms with Crippen LogP contribution in [0.3, 0.4) is 0 Å². The highest BCUT2D eigenvalue weighted by Crippen LogP contribution is 2.25. The van der Waals surface area contributed by atoms with Gasteiger partial charge in [0.05, 0.1) is 5.52 Å². The highest BCUT2D eigenvalue weighted by atomic mass is 19.1. The molecule has 0 unspecified atom stereocenters. The molecule has 1 aromatic heterocycles. The maximum atomic E-state index is 12.1. The van der Waals surface area contributed by atoms with Crippen molar-refractivity contribution >= 4 is 22.6 Å². The highest BCUT2D eigenvalue weighted by molar-refractivity contribution is 6.00. The monoisotopic (exact) mass is 267 g/mol. The number of ether oxygens (including phenoxy) is 2. The first-order valence-corrected chi connectivity index (χ1v) is 5.70. The Kier molecular flexibility index (Phi) is 4.30. The summed E-state index contributed by atoms with van der Waals surface area (Å²) in [6.07, 6.45) is 0. The summed E-state index contributed by atoms with van der Waals surface area (Å²) in [5, 5.41) is 10.1. The van der Waals surface area contributed by atoms with E-state index in [9.17, 15) is 9.18 Å². The Morgan fingerprint density at radius 2 is 2.37 bits per heavy atom. The maximum absolute atomic E-state index is 12.1. The van der Waals surface area contributed by atoms with Crippen molar-refractivity contribution < 1.29 is 18.7 Å². The molecule has 0 aliphatic carbocycles. The highest BCUT2D eigenvalue weighted by Gasteiger charge is 2.10. The van der Waals surface area contributed by atoms with Crippen LogP contribution in [0.1, 0.15) is 0 Å². The van der Waals surface area contributed by atoms with Crippen LogP contribution >= 0.6 is 0 Å². The molecule has 0 saturated carbocycles. The first-order chi connectivity index (χ1) is 9.24. The average Bonchev–Trinajstić information content (AvgIpc) is 2.79. The fourth-order valence-corrected chi connectivity index (χ4v) is 1.63. The lowest BCUT2D eigenvalue weighted by atomic mass is 10.2. The molecule has 2 rings (SSSR count). The molecule has 2 aromatic rings. The van der Waals surface area contributed by atoms with Gasteiger partial charge in [-0.1, -0.05) is 0 Å². The van der Waals surface area contributed by atoms with E-state index in [0.29, 0.717) is 17.0 Å². The molecule has 0 atom stereocenters. The number of carbonyl (C=O) groups is 1. The number of benzene rings is 1. The van der Waals surface area contributed by atoms with E-state index in [1.165, 1.54) is 7.11 Å². The molecule has 1 heterocycles. The van der Waals surface area contributed by atoms with Gasteiger partial charge in [-0.3, -0.25) is 9.89 Å². The number of methoxy groups -OCH3 is 1. The Labute approximate surface area is 108 Å². The van der Waals surface area contributed by atoms with Crippen molar-refractivity contribution in [3.63, 3.8) is 0 Å². The van der Waals surface area contributed by atoms with Crippen molar-refractivity contribution in [2.75, 3.05) is 32.3 Å². The molecule has 0 saturated heterocycles. The number of fused-ring (bicyclic) bond motifs is 1. The second kappa shape index (κ2) is 6.14. The first kappa shape index (κ1) is 13.3. The van der Waals surface area contributed by atoms with Gasteiger partial charge < -0.3 is 14.8 Å². The van der Waals surface area contributed by atoms with Gasteiger partial charge in [-0.15, -0.1) is 0 Å². The topological polar surface area (TPSA) is 76.2 Å². The lowest BCUT2D eigenvalue weighted by molar-refractivity contribution is -0.119. The van der Waals surface area contributed by atoms with E-state index < -0.39 is 6.67 Å². The minimum Gasteiger partial charge on any atom is -0.491 e. The molecule has 0 spiro atoms. The maximum Gasteiger partial charge on any atom is 0.251 e. The normalized spacial score (nSPS) is 10.6. The van der Waals surface area contributed by atoms with Crippen molar-refractivity contribution in [1.29, 1.82) is 0 Å². The lowest BCUT2D eigenvalue weighted by Crippen LogP contribution is -2.17. The molecule has 0 radical (unpaired) electrons. The fourth-order valence-electron chi connectivity index (χ4n) is 1.63. The van der Waals surface area contributed by atoms with Crippen LogP contribution in [0.4, 0.5) is 10.2 Å². The zero-order chi connectivity index (χ0) is 13.7. The number of anilines is 1. The van der Waals surface area contributed by atoms with Crippen LogP contribution < -0.4 is 10.1 Å². The molecule has 2 N–H and O–H groups in total. The van der Waals surface area contributed by atoms with Crippen molar-refractivity contribution in [1.82, 2.24) is 10.2 Å². The Hall–Kier alpha value is -2.15. The number of hydrogen-bond acceptors (Lipinski definition) is 4. The number of halogens is 1. The minimum atomic E-state index is -0.555. The van der Waals surface area contributed by atoms with Crippen LogP contribution in [0, 0.1) is 0 Å². The lowest BCUT2D eigenvalue weighted by Gasteiger charge is -2.04. The van der Waals surface area contributed by atoms with Crippen LogP contribution in [-0.4, -0.2) is 43.1 Å². The van der Waals surface area contributed by atoms with Crippen molar-refractivity contribution in [2.24, 2.45) is 0 Å². The summed E-state index contributed by atoms with van der Waals surface area (Å²) < 4.78 is 22.0. The van der Waals surface area contributed by atoms with Crippen LogP contribution in [-0.2, 0) is 9.53 Å². The summed E-state index contributed by atoms with van der Waals surface area (Å²) in [5.41, 5.74) is 0.750. The summed E-state index contributed by atoms with van der Waals surface area (Å²) in [7, 11) is 1.44. The number of H-pyrrole nitrogens is 1. The SMILES string of the molecule is COCC(=O)Nc1n[nH]c2ccc(OCCF)cc12. The molecular weight excluding hydrogens is 253 g/mol. The van der Waals surface area contributed by atoms with Gasteiger partial charge in [-0.05, 0) is 18.2 Å². The van der Waals surface area contributed by atoms with Crippen LogP contribution in [0.25, 0.3) is 10.9 Å². The second-order valence-corrected chi connectivity index (χ2v) is 3.80. The number of rotatable bonds is 6. The Morgan fingerprint density at radius 3 is 3.11 bits per heavy atom. The summed E-state index contributed by atoms with van der Waals surface area (Å²) in [6, 6.07) is 5.15. The average molecular weight is 267 g/mol. The van der Waals surface area contributed by atoms with Crippen LogP contribution in [0.15, 0.2) is 18.2 Å². The molecule has 19 heavy (non-hydrogen) atoms. The summed E-state index contributed by atoms with van der Waals surface area (Å²) in [5.74, 6) is 0.613. The van der Waals surface area contributed by atoms with Gasteiger partial charge in [0.2, 0.25) is 0 Å². The number of aromatic amines is 1. The molecule has 0 bridgehead atoms. The predicted molar refractivity (Wildman–Crippen MR) is 68.1 cm³/mol. The van der Waals surface area contributed by atoms with E-state index in [1.54, 1.807) is 18.2 Å². The number of nitrogens with zero attached hydrogens (tertiary/aromatic N) is 1. The molecule has 0 aliphatic rings. The quantitative estimate of drug-likeness (QED) is 0.831. The molecule has 1 amide bonds. The van der Waals surface area contributed by atoms with E-state index >= 15 is 0 Å². The third-order valence-corrected chi connectivity index (χ3v) is 2.41. The van der Waals surface area contributed by atoms with Crippen LogP contribution in [0.5, 0.6) is 5.75 Å². The summed E-state index contributed by atoms with van der Waals surface area (Å²) in [4.78, 5) is 11.4. The van der Waals surface area contributed by atoms with Gasteiger partial charge >= 0.3 is 0 Å². The number of hydrogen-bond donors (Lipinski definition) is 2. The molecule has 0 aliphatic heterocycles. The van der Waals surface area contributed by atoms with Gasteiger partial charge in [0.1, 0.15) is 25.6 Å². The van der Waals surface area contributed by atoms with E-state index in [0.717, 1.165) is 5.52 Å². The predicted octanol–water partition coefficient (Wildman–Crippen LogP) is 1.50. The second-order valence-electron chi connectivity index (χ2n) is 3.80. The fraction of sp³-hybridized carbons (Fsp3) is 0.333. The molecule has 6 nitrogen and oxygen atoms in total. The number of amides is 1.